The maximum Gasteiger partial charge on any atom is 0.487 e. The van der Waals surface area contributed by atoms with Gasteiger partial charge < -0.3 is 51.1 Å². The molecule has 0 radical (unpaired) electrons. The van der Waals surface area contributed by atoms with Gasteiger partial charge in [-0.3, -0.25) is 0 Å². The molecule has 30 heavy (non-hydrogen) atoms. The van der Waals surface area contributed by atoms with Gasteiger partial charge in [0.05, 0.1) is 0 Å². The van der Waals surface area contributed by atoms with Crippen molar-refractivity contribution in [2.24, 2.45) is 0 Å². The van der Waals surface area contributed by atoms with Gasteiger partial charge in [0.2, 0.25) is 0 Å². The highest BCUT2D eigenvalue weighted by Gasteiger charge is 2.63. The average molecular weight is 571 g/mol. The van der Waals surface area contributed by atoms with Crippen molar-refractivity contribution in [3.8, 4) is 0 Å². The van der Waals surface area contributed by atoms with Crippen molar-refractivity contribution in [2.45, 2.75) is 58.9 Å². The van der Waals surface area contributed by atoms with Crippen LogP contribution in [-0.2, 0) is 41.5 Å². The minimum absolute atomic E-state index is 1.35. The van der Waals surface area contributed by atoms with Crippen molar-refractivity contribution in [3.63, 3.8) is 0 Å². The summed E-state index contributed by atoms with van der Waals surface area (Å²) in [5.41, 5.74) is 0. The van der Waals surface area contributed by atoms with Crippen molar-refractivity contribution >= 4 is 71.2 Å². The number of fused-ring (bicyclic) bond motifs is 10. The van der Waals surface area contributed by atoms with Crippen molar-refractivity contribution in [2.75, 3.05) is 7.11 Å². The Morgan fingerprint density at radius 2 is 1.30 bits per heavy atom. The summed E-state index contributed by atoms with van der Waals surface area (Å²) in [6.45, 7) is 15.1. The van der Waals surface area contributed by atoms with Crippen molar-refractivity contribution in [1.82, 2.24) is 0 Å². The Kier molecular flexibility index (Phi) is 8.37. The van der Waals surface area contributed by atoms with E-state index in [0.29, 0.717) is 0 Å². The van der Waals surface area contributed by atoms with Gasteiger partial charge in [0, 0.05) is 39.8 Å². The monoisotopic (exact) mass is 570 g/mol. The zero-order chi connectivity index (χ0) is 23.2. The molecule has 2 bridgehead atoms. The molecular weight excluding hydrogens is 537 g/mol. The smallest absolute Gasteiger partial charge is 0.420 e. The third-order valence-corrected chi connectivity index (χ3v) is 32.6. The predicted molar refractivity (Wildman–Crippen MR) is 123 cm³/mol. The molecule has 3 saturated heterocycles. The minimum atomic E-state index is -3.79. The maximum absolute atomic E-state index is 11.0. The van der Waals surface area contributed by atoms with Crippen LogP contribution in [-0.4, -0.2) is 87.9 Å². The molecule has 0 aromatic heterocycles. The molecule has 0 aliphatic carbocycles. The third-order valence-electron chi connectivity index (χ3n) is 3.88. The van der Waals surface area contributed by atoms with Crippen molar-refractivity contribution in [3.05, 3.63) is 0 Å². The van der Waals surface area contributed by atoms with Gasteiger partial charge in [-0.1, -0.05) is 0 Å². The second-order valence-corrected chi connectivity index (χ2v) is 30.2. The van der Waals surface area contributed by atoms with Crippen molar-refractivity contribution < 1.29 is 51.1 Å². The first-order chi connectivity index (χ1) is 13.3. The highest BCUT2D eigenvalue weighted by atomic mass is 28.6. The van der Waals surface area contributed by atoms with E-state index in [9.17, 15) is 9.59 Å². The lowest BCUT2D eigenvalue weighted by Gasteiger charge is -2.48. The van der Waals surface area contributed by atoms with Crippen LogP contribution >= 0.6 is 0 Å². The van der Waals surface area contributed by atoms with Crippen LogP contribution < -0.4 is 0 Å². The van der Waals surface area contributed by atoms with Crippen LogP contribution in [0.15, 0.2) is 0 Å². The predicted octanol–water partition coefficient (Wildman–Crippen LogP) is 0.0399. The lowest BCUT2D eigenvalue weighted by molar-refractivity contribution is 0.0830. The molecule has 3 fully saturated rings. The topological polar surface area (TPSA) is 133 Å². The SMILES string of the molecule is CO[Si](C)(O)O[Si]1(C)O[SiH](C)O[SiH](C)O[Si]2(C)O[Si](C)(C)O[Si](C)(O[Si](C)(O)O2)O1. The lowest BCUT2D eigenvalue weighted by atomic mass is 11.8. The summed E-state index contributed by atoms with van der Waals surface area (Å²) in [6, 6.07) is 0. The van der Waals surface area contributed by atoms with Gasteiger partial charge in [0.15, 0.2) is 0 Å². The first-order valence-electron chi connectivity index (χ1n) is 9.51. The third kappa shape index (κ3) is 7.93. The molecule has 7 unspecified atom stereocenters. The summed E-state index contributed by atoms with van der Waals surface area (Å²) in [5, 5.41) is 0. The van der Waals surface area contributed by atoms with Crippen molar-refractivity contribution in [1.29, 1.82) is 0 Å². The van der Waals surface area contributed by atoms with Crippen LogP contribution in [0.5, 0.6) is 0 Å². The van der Waals surface area contributed by atoms with E-state index >= 15 is 0 Å². The lowest BCUT2D eigenvalue weighted by Crippen LogP contribution is -2.72. The summed E-state index contributed by atoms with van der Waals surface area (Å²) in [6.07, 6.45) is 0. The molecule has 2 N–H and O–H groups in total. The Hall–Kier alpha value is 1.26. The van der Waals surface area contributed by atoms with E-state index in [2.05, 4.69) is 0 Å². The van der Waals surface area contributed by atoms with Gasteiger partial charge in [0.1, 0.15) is 0 Å². The second kappa shape index (κ2) is 9.13. The molecule has 0 aromatic rings. The number of rotatable bonds is 3. The van der Waals surface area contributed by atoms with Crippen LogP contribution in [0.3, 0.4) is 0 Å². The normalized spacial score (nSPS) is 47.6. The Bertz CT molecular complexity index is 604. The molecule has 178 valence electrons. The first kappa shape index (κ1) is 27.5. The molecule has 20 heteroatoms. The van der Waals surface area contributed by atoms with E-state index in [1.54, 1.807) is 19.6 Å². The molecule has 7 atom stereocenters. The van der Waals surface area contributed by atoms with E-state index in [1.165, 1.54) is 20.2 Å². The van der Waals surface area contributed by atoms with Crippen LogP contribution in [0.1, 0.15) is 0 Å². The van der Waals surface area contributed by atoms with Gasteiger partial charge in [0.25, 0.3) is 0 Å². The fourth-order valence-corrected chi connectivity index (χ4v) is 36.6. The highest BCUT2D eigenvalue weighted by molar-refractivity contribution is 6.93. The van der Waals surface area contributed by atoms with Crippen LogP contribution in [0.2, 0.25) is 58.9 Å². The fraction of sp³-hybridized carbons (Fsp3) is 1.00. The summed E-state index contributed by atoms with van der Waals surface area (Å²) in [5.74, 6) is 0. The summed E-state index contributed by atoms with van der Waals surface area (Å²) >= 11 is 0. The molecule has 0 aromatic carbocycles. The molecule has 3 aliphatic rings. The Balaban J connectivity index is 2.55. The maximum atomic E-state index is 11.0. The van der Waals surface area contributed by atoms with Gasteiger partial charge in [-0.25, -0.2) is 0 Å². The summed E-state index contributed by atoms with van der Waals surface area (Å²) in [7, 11) is -24.1. The quantitative estimate of drug-likeness (QED) is 0.444. The Morgan fingerprint density at radius 3 is 1.87 bits per heavy atom. The second-order valence-electron chi connectivity index (χ2n) is 8.11. The molecule has 3 heterocycles. The molecular formula is C10H34O12Si8. The number of hydrogen-bond acceptors (Lipinski definition) is 12. The van der Waals surface area contributed by atoms with E-state index in [-0.39, 0.29) is 0 Å². The van der Waals surface area contributed by atoms with Crippen LogP contribution in [0.4, 0.5) is 0 Å². The van der Waals surface area contributed by atoms with Gasteiger partial charge in [-0.05, 0) is 26.2 Å². The van der Waals surface area contributed by atoms with Crippen LogP contribution in [0, 0.1) is 0 Å². The summed E-state index contributed by atoms with van der Waals surface area (Å²) in [4.78, 5) is 21.5. The standard InChI is InChI=1S/C10H34O12Si8/c1-13-26(6,11)19-29(9)16-24(3)14-23(2)15-28(8)17-25(4,5)18-30(10,22-29)21-27(7,12)20-28/h11-12,23-24H,1-10H3. The van der Waals surface area contributed by atoms with E-state index < -0.39 is 71.2 Å². The fourth-order valence-electron chi connectivity index (χ4n) is 3.47. The summed E-state index contributed by atoms with van der Waals surface area (Å²) < 4.78 is 60.2. The van der Waals surface area contributed by atoms with Gasteiger partial charge >= 0.3 is 71.2 Å². The molecule has 0 spiro atoms. The first-order valence-corrected chi connectivity index (χ1v) is 27.7. The molecule has 3 aliphatic heterocycles. The molecule has 0 saturated carbocycles. The van der Waals surface area contributed by atoms with E-state index in [1.807, 2.05) is 26.2 Å². The highest BCUT2D eigenvalue weighted by Crippen LogP contribution is 2.34. The molecule has 12 nitrogen and oxygen atoms in total. The zero-order valence-corrected chi connectivity index (χ0v) is 27.4. The number of hydrogen-bond donors (Lipinski definition) is 2. The zero-order valence-electron chi connectivity index (χ0n) is 19.1. The van der Waals surface area contributed by atoms with E-state index in [0.717, 1.165) is 0 Å². The molecule has 0 amide bonds. The minimum Gasteiger partial charge on any atom is -0.420 e. The Labute approximate surface area is 188 Å². The van der Waals surface area contributed by atoms with Gasteiger partial charge in [-0.2, -0.15) is 0 Å². The van der Waals surface area contributed by atoms with E-state index in [4.69, 9.17) is 41.5 Å². The van der Waals surface area contributed by atoms with Crippen LogP contribution in [0.25, 0.3) is 0 Å². The average Bonchev–Trinajstić information content (AvgIpc) is 2.38. The van der Waals surface area contributed by atoms with Gasteiger partial charge in [-0.15, -0.1) is 0 Å². The largest absolute Gasteiger partial charge is 0.487 e. The molecule has 3 rings (SSSR count). The Morgan fingerprint density at radius 1 is 0.800 bits per heavy atom.